The number of nitrogens with zero attached hydrogens (tertiary/aromatic N) is 3. The van der Waals surface area contributed by atoms with E-state index in [0.29, 0.717) is 5.02 Å². The Morgan fingerprint density at radius 3 is 2.78 bits per heavy atom. The molecule has 0 aliphatic carbocycles. The molecule has 7 heteroatoms. The molecule has 0 spiro atoms. The fourth-order valence-corrected chi connectivity index (χ4v) is 4.87. The van der Waals surface area contributed by atoms with E-state index < -0.39 is 0 Å². The Labute approximate surface area is 202 Å². The lowest BCUT2D eigenvalue weighted by Gasteiger charge is -2.04. The first-order valence-corrected chi connectivity index (χ1v) is 12.0. The highest BCUT2D eigenvalue weighted by atomic mass is 79.9. The summed E-state index contributed by atoms with van der Waals surface area (Å²) >= 11 is 11.4. The Morgan fingerprint density at radius 2 is 1.94 bits per heavy atom. The maximum atomic E-state index is 6.27. The van der Waals surface area contributed by atoms with Gasteiger partial charge in [0.1, 0.15) is 0 Å². The fourth-order valence-electron chi connectivity index (χ4n) is 3.47. The van der Waals surface area contributed by atoms with Gasteiger partial charge in [0.25, 0.3) is 0 Å². The summed E-state index contributed by atoms with van der Waals surface area (Å²) in [7, 11) is 0. The van der Waals surface area contributed by atoms with Crippen molar-refractivity contribution in [3.05, 3.63) is 104 Å². The zero-order chi connectivity index (χ0) is 22.1. The van der Waals surface area contributed by atoms with E-state index in [1.54, 1.807) is 11.3 Å². The predicted molar refractivity (Wildman–Crippen MR) is 138 cm³/mol. The molecule has 2 aromatic heterocycles. The molecule has 158 valence electrons. The van der Waals surface area contributed by atoms with Crippen molar-refractivity contribution in [1.29, 1.82) is 0 Å². The van der Waals surface area contributed by atoms with Gasteiger partial charge < -0.3 is 4.98 Å². The summed E-state index contributed by atoms with van der Waals surface area (Å²) in [6.45, 7) is 2.06. The number of halogens is 2. The smallest absolute Gasteiger partial charge is 0.211 e. The summed E-state index contributed by atoms with van der Waals surface area (Å²) in [6.07, 6.45) is 3.83. The first-order chi connectivity index (χ1) is 15.6. The van der Waals surface area contributed by atoms with Crippen LogP contribution in [0.15, 0.2) is 92.9 Å². The van der Waals surface area contributed by atoms with Gasteiger partial charge >= 0.3 is 0 Å². The zero-order valence-corrected chi connectivity index (χ0v) is 20.2. The Balaban J connectivity index is 1.68. The molecular formula is C25H18BrClN4S. The second-order valence-corrected chi connectivity index (χ2v) is 9.49. The first kappa shape index (κ1) is 20.9. The largest absolute Gasteiger partial charge is 0.361 e. The number of H-pyrrole nitrogens is 1. The summed E-state index contributed by atoms with van der Waals surface area (Å²) in [4.78, 5) is 8.99. The van der Waals surface area contributed by atoms with Crippen LogP contribution in [-0.4, -0.2) is 15.9 Å². The average Bonchev–Trinajstić information content (AvgIpc) is 3.37. The lowest BCUT2D eigenvalue weighted by Crippen LogP contribution is -2.11. The Bertz CT molecular complexity index is 1530. The molecule has 2 heterocycles. The van der Waals surface area contributed by atoms with E-state index in [0.717, 1.165) is 48.2 Å². The van der Waals surface area contributed by atoms with Gasteiger partial charge in [-0.15, -0.1) is 11.3 Å². The highest BCUT2D eigenvalue weighted by Gasteiger charge is 2.09. The van der Waals surface area contributed by atoms with Crippen LogP contribution in [0.5, 0.6) is 0 Å². The maximum absolute atomic E-state index is 6.27. The van der Waals surface area contributed by atoms with E-state index in [1.807, 2.05) is 71.7 Å². The van der Waals surface area contributed by atoms with Crippen LogP contribution in [-0.2, 0) is 0 Å². The molecule has 0 fully saturated rings. The van der Waals surface area contributed by atoms with Crippen LogP contribution in [0, 0.1) is 6.92 Å². The molecular weight excluding hydrogens is 504 g/mol. The van der Waals surface area contributed by atoms with E-state index in [4.69, 9.17) is 21.7 Å². The molecule has 0 aliphatic heterocycles. The minimum Gasteiger partial charge on any atom is -0.361 e. The number of aryl methyl sites for hydroxylation is 1. The Kier molecular flexibility index (Phi) is 5.83. The Hall–Kier alpha value is -2.93. The van der Waals surface area contributed by atoms with Gasteiger partial charge in [0.05, 0.1) is 17.6 Å². The van der Waals surface area contributed by atoms with Gasteiger partial charge in [-0.1, -0.05) is 57.9 Å². The number of rotatable bonds is 4. The SMILES string of the molecule is Cc1ccccc1N=c1scc(-c2cccc(Cl)c2)n1/N=C\c1c[nH]c2ccc(Br)cc12. The molecule has 0 saturated heterocycles. The maximum Gasteiger partial charge on any atom is 0.211 e. The number of fused-ring (bicyclic) bond motifs is 1. The number of nitrogens with one attached hydrogen (secondary N) is 1. The topological polar surface area (TPSA) is 45.4 Å². The van der Waals surface area contributed by atoms with Crippen molar-refractivity contribution in [1.82, 2.24) is 9.66 Å². The second kappa shape index (κ2) is 8.90. The van der Waals surface area contributed by atoms with Crippen LogP contribution < -0.4 is 4.80 Å². The van der Waals surface area contributed by atoms with Gasteiger partial charge in [-0.05, 0) is 48.9 Å². The van der Waals surface area contributed by atoms with Gasteiger partial charge in [-0.25, -0.2) is 9.67 Å². The minimum atomic E-state index is 0.683. The number of aromatic nitrogens is 2. The number of aromatic amines is 1. The quantitative estimate of drug-likeness (QED) is 0.238. The third-order valence-electron chi connectivity index (χ3n) is 5.13. The molecule has 4 nitrogen and oxygen atoms in total. The normalized spacial score (nSPS) is 12.3. The third kappa shape index (κ3) is 4.21. The van der Waals surface area contributed by atoms with Crippen molar-refractivity contribution in [2.75, 3.05) is 0 Å². The highest BCUT2D eigenvalue weighted by molar-refractivity contribution is 9.10. The van der Waals surface area contributed by atoms with Gasteiger partial charge in [0.15, 0.2) is 0 Å². The van der Waals surface area contributed by atoms with Crippen molar-refractivity contribution in [3.63, 3.8) is 0 Å². The average molecular weight is 522 g/mol. The van der Waals surface area contributed by atoms with Crippen LogP contribution in [0.2, 0.25) is 5.02 Å². The fraction of sp³-hybridized carbons (Fsp3) is 0.0400. The van der Waals surface area contributed by atoms with Crippen LogP contribution in [0.25, 0.3) is 22.2 Å². The molecule has 0 bridgehead atoms. The van der Waals surface area contributed by atoms with Crippen molar-refractivity contribution in [3.8, 4) is 11.3 Å². The lowest BCUT2D eigenvalue weighted by molar-refractivity contribution is 0.854. The summed E-state index contributed by atoms with van der Waals surface area (Å²) in [5.41, 5.74) is 6.01. The summed E-state index contributed by atoms with van der Waals surface area (Å²) in [5, 5.41) is 8.69. The van der Waals surface area contributed by atoms with Gasteiger partial charge in [0, 0.05) is 43.1 Å². The van der Waals surface area contributed by atoms with Crippen molar-refractivity contribution >= 4 is 61.7 Å². The summed E-state index contributed by atoms with van der Waals surface area (Å²) < 4.78 is 2.90. The van der Waals surface area contributed by atoms with Crippen molar-refractivity contribution < 1.29 is 0 Å². The van der Waals surface area contributed by atoms with Gasteiger partial charge in [-0.2, -0.15) is 5.10 Å². The van der Waals surface area contributed by atoms with Crippen LogP contribution >= 0.6 is 38.9 Å². The summed E-state index contributed by atoms with van der Waals surface area (Å²) in [6, 6.07) is 22.0. The third-order valence-corrected chi connectivity index (χ3v) is 6.67. The monoisotopic (exact) mass is 520 g/mol. The molecule has 0 atom stereocenters. The van der Waals surface area contributed by atoms with E-state index in [9.17, 15) is 0 Å². The van der Waals surface area contributed by atoms with Crippen LogP contribution in [0.3, 0.4) is 0 Å². The van der Waals surface area contributed by atoms with Crippen molar-refractivity contribution in [2.45, 2.75) is 6.92 Å². The zero-order valence-electron chi connectivity index (χ0n) is 17.1. The van der Waals surface area contributed by atoms with E-state index in [1.165, 1.54) is 0 Å². The summed E-state index contributed by atoms with van der Waals surface area (Å²) in [5.74, 6) is 0. The molecule has 0 unspecified atom stereocenters. The molecule has 5 rings (SSSR count). The van der Waals surface area contributed by atoms with E-state index in [2.05, 4.69) is 45.4 Å². The molecule has 0 amide bonds. The predicted octanol–water partition coefficient (Wildman–Crippen LogP) is 7.54. The molecule has 32 heavy (non-hydrogen) atoms. The number of hydrogen-bond donors (Lipinski definition) is 1. The second-order valence-electron chi connectivity index (χ2n) is 7.30. The number of thiazole rings is 1. The van der Waals surface area contributed by atoms with E-state index in [-0.39, 0.29) is 0 Å². The molecule has 5 aromatic rings. The van der Waals surface area contributed by atoms with Crippen molar-refractivity contribution in [2.24, 2.45) is 10.1 Å². The van der Waals surface area contributed by atoms with Crippen LogP contribution in [0.4, 0.5) is 5.69 Å². The molecule has 1 N–H and O–H groups in total. The van der Waals surface area contributed by atoms with Crippen LogP contribution in [0.1, 0.15) is 11.1 Å². The molecule has 3 aromatic carbocycles. The Morgan fingerprint density at radius 1 is 1.06 bits per heavy atom. The minimum absolute atomic E-state index is 0.683. The van der Waals surface area contributed by atoms with E-state index >= 15 is 0 Å². The number of para-hydroxylation sites is 1. The molecule has 0 saturated carbocycles. The molecule has 0 aliphatic rings. The first-order valence-electron chi connectivity index (χ1n) is 9.96. The molecule has 0 radical (unpaired) electrons. The standard InChI is InChI=1S/C25H18BrClN4S/c1-16-5-2-3-8-22(16)30-25-31(24(15-32-25)17-6-4-7-20(27)11-17)29-14-18-13-28-23-10-9-19(26)12-21(18)23/h2-15,28H,1H3/b29-14-,30-25?. The van der Waals surface area contributed by atoms with Gasteiger partial charge in [-0.3, -0.25) is 0 Å². The van der Waals surface area contributed by atoms with Gasteiger partial charge in [0.2, 0.25) is 4.80 Å². The number of hydrogen-bond acceptors (Lipinski definition) is 3. The highest BCUT2D eigenvalue weighted by Crippen LogP contribution is 2.25. The number of benzene rings is 3. The lowest BCUT2D eigenvalue weighted by atomic mass is 10.2.